The first kappa shape index (κ1) is 28.4. The van der Waals surface area contributed by atoms with Gasteiger partial charge in [0.05, 0.1) is 17.9 Å². The highest BCUT2D eigenvalue weighted by molar-refractivity contribution is 8.01. The van der Waals surface area contributed by atoms with Gasteiger partial charge in [0.2, 0.25) is 5.92 Å². The van der Waals surface area contributed by atoms with Crippen LogP contribution in [0.2, 0.25) is 0 Å². The predicted molar refractivity (Wildman–Crippen MR) is 149 cm³/mol. The summed E-state index contributed by atoms with van der Waals surface area (Å²) in [4.78, 5) is 40.2. The number of amides is 1. The number of hydrogen-bond acceptors (Lipinski definition) is 7. The molecule has 2 aromatic rings. The standard InChI is InChI=1S/C28H33F3N4O4S/c1-2-39-23(36)17-40-33-18-14-20(29)24(22(15-18)34-12-9-27(7-8-27)10-13-34)25(37)32-21-4-3-11-35(26(21)38)19-5-6-28(30,31)16-19/h3-4,11,14-15,19,33H,2,5-10,12-13,16-17H2,1H3,(H,32,37). The highest BCUT2D eigenvalue weighted by Crippen LogP contribution is 2.54. The Kier molecular flexibility index (Phi) is 8.08. The van der Waals surface area contributed by atoms with Crippen LogP contribution >= 0.6 is 11.9 Å². The lowest BCUT2D eigenvalue weighted by molar-refractivity contribution is -0.139. The molecule has 1 spiro atoms. The largest absolute Gasteiger partial charge is 0.465 e. The van der Waals surface area contributed by atoms with Gasteiger partial charge in [0.15, 0.2) is 0 Å². The Hall–Kier alpha value is -3.15. The molecule has 1 aromatic carbocycles. The Morgan fingerprint density at radius 1 is 1.15 bits per heavy atom. The number of anilines is 3. The van der Waals surface area contributed by atoms with Gasteiger partial charge in [-0.2, -0.15) is 0 Å². The highest BCUT2D eigenvalue weighted by Gasteiger charge is 2.45. The number of carbonyl (C=O) groups excluding carboxylic acids is 2. The van der Waals surface area contributed by atoms with Crippen molar-refractivity contribution in [3.05, 3.63) is 52.2 Å². The number of rotatable bonds is 9. The fourth-order valence-electron chi connectivity index (χ4n) is 5.65. The van der Waals surface area contributed by atoms with Crippen molar-refractivity contribution in [1.82, 2.24) is 4.57 Å². The summed E-state index contributed by atoms with van der Waals surface area (Å²) in [5.74, 6) is -4.80. The van der Waals surface area contributed by atoms with Crippen LogP contribution in [0.1, 0.15) is 68.3 Å². The number of piperidine rings is 1. The summed E-state index contributed by atoms with van der Waals surface area (Å²) in [5, 5.41) is 2.54. The third kappa shape index (κ3) is 6.26. The lowest BCUT2D eigenvalue weighted by Gasteiger charge is -2.35. The first-order chi connectivity index (χ1) is 19.1. The first-order valence-corrected chi connectivity index (χ1v) is 14.6. The number of halogens is 3. The van der Waals surface area contributed by atoms with E-state index in [1.165, 1.54) is 41.8 Å². The van der Waals surface area contributed by atoms with Gasteiger partial charge in [0.1, 0.15) is 17.3 Å². The van der Waals surface area contributed by atoms with Crippen molar-refractivity contribution in [2.45, 2.75) is 63.8 Å². The van der Waals surface area contributed by atoms with Crippen LogP contribution in [0, 0.1) is 11.2 Å². The fraction of sp³-hybridized carbons (Fsp3) is 0.536. The highest BCUT2D eigenvalue weighted by atomic mass is 32.2. The number of alkyl halides is 2. The molecule has 1 atom stereocenters. The number of esters is 1. The van der Waals surface area contributed by atoms with Crippen molar-refractivity contribution in [1.29, 1.82) is 0 Å². The molecule has 12 heteroatoms. The Labute approximate surface area is 234 Å². The summed E-state index contributed by atoms with van der Waals surface area (Å²) in [7, 11) is 0. The van der Waals surface area contributed by atoms with Crippen LogP contribution in [0.3, 0.4) is 0 Å². The number of benzene rings is 1. The van der Waals surface area contributed by atoms with Crippen molar-refractivity contribution in [2.75, 3.05) is 40.4 Å². The molecular weight excluding hydrogens is 545 g/mol. The van der Waals surface area contributed by atoms with Crippen molar-refractivity contribution in [3.8, 4) is 0 Å². The normalized spacial score (nSPS) is 20.8. The van der Waals surface area contributed by atoms with E-state index in [1.807, 2.05) is 4.90 Å². The third-order valence-corrected chi connectivity index (χ3v) is 8.86. The summed E-state index contributed by atoms with van der Waals surface area (Å²) < 4.78 is 52.3. The summed E-state index contributed by atoms with van der Waals surface area (Å²) in [6, 6.07) is 5.07. The number of hydrogen-bond donors (Lipinski definition) is 2. The van der Waals surface area contributed by atoms with Gasteiger partial charge in [0.25, 0.3) is 11.5 Å². The first-order valence-electron chi connectivity index (χ1n) is 13.6. The van der Waals surface area contributed by atoms with Gasteiger partial charge in [-0.1, -0.05) is 0 Å². The van der Waals surface area contributed by atoms with Crippen LogP contribution in [-0.4, -0.2) is 47.8 Å². The maximum absolute atomic E-state index is 15.6. The zero-order valence-electron chi connectivity index (χ0n) is 22.3. The number of pyridine rings is 1. The van der Waals surface area contributed by atoms with Crippen LogP contribution < -0.4 is 20.5 Å². The van der Waals surface area contributed by atoms with Gasteiger partial charge in [-0.3, -0.25) is 14.4 Å². The molecule has 1 aliphatic heterocycles. The molecule has 3 fully saturated rings. The lowest BCUT2D eigenvalue weighted by Crippen LogP contribution is -2.36. The van der Waals surface area contributed by atoms with Crippen LogP contribution in [0.25, 0.3) is 0 Å². The molecule has 2 saturated carbocycles. The van der Waals surface area contributed by atoms with Gasteiger partial charge in [-0.15, -0.1) is 0 Å². The monoisotopic (exact) mass is 578 g/mol. The van der Waals surface area contributed by atoms with Crippen molar-refractivity contribution in [3.63, 3.8) is 0 Å². The molecule has 0 bridgehead atoms. The van der Waals surface area contributed by atoms with E-state index in [9.17, 15) is 23.2 Å². The second-order valence-electron chi connectivity index (χ2n) is 10.9. The number of aromatic nitrogens is 1. The third-order valence-electron chi connectivity index (χ3n) is 8.10. The van der Waals surface area contributed by atoms with E-state index in [0.717, 1.165) is 24.8 Å². The van der Waals surface area contributed by atoms with E-state index in [1.54, 1.807) is 13.0 Å². The molecule has 1 saturated heterocycles. The molecule has 5 rings (SSSR count). The molecule has 1 amide bonds. The van der Waals surface area contributed by atoms with Gasteiger partial charge < -0.3 is 24.2 Å². The summed E-state index contributed by atoms with van der Waals surface area (Å²) in [6.45, 7) is 3.29. The molecule has 8 nitrogen and oxygen atoms in total. The molecule has 3 aliphatic rings. The maximum Gasteiger partial charge on any atom is 0.317 e. The molecule has 40 heavy (non-hydrogen) atoms. The summed E-state index contributed by atoms with van der Waals surface area (Å²) in [6.07, 6.45) is 5.10. The smallest absolute Gasteiger partial charge is 0.317 e. The average Bonchev–Trinajstić information content (AvgIpc) is 3.56. The van der Waals surface area contributed by atoms with Gasteiger partial charge >= 0.3 is 5.97 Å². The number of ether oxygens (including phenoxy) is 1. The molecule has 2 heterocycles. The van der Waals surface area contributed by atoms with Crippen LogP contribution in [0.4, 0.5) is 30.2 Å². The molecule has 2 aliphatic carbocycles. The number of nitrogens with one attached hydrogen (secondary N) is 2. The van der Waals surface area contributed by atoms with Crippen LogP contribution in [0.5, 0.6) is 0 Å². The average molecular weight is 579 g/mol. The van der Waals surface area contributed by atoms with E-state index in [2.05, 4.69) is 10.0 Å². The predicted octanol–water partition coefficient (Wildman–Crippen LogP) is 5.60. The molecule has 2 N–H and O–H groups in total. The van der Waals surface area contributed by atoms with Gasteiger partial charge in [-0.25, -0.2) is 13.2 Å². The zero-order chi connectivity index (χ0) is 28.5. The van der Waals surface area contributed by atoms with E-state index >= 15 is 4.39 Å². The zero-order valence-corrected chi connectivity index (χ0v) is 23.1. The topological polar surface area (TPSA) is 92.7 Å². The second kappa shape index (κ2) is 11.4. The van der Waals surface area contributed by atoms with E-state index < -0.39 is 41.6 Å². The second-order valence-corrected chi connectivity index (χ2v) is 11.7. The van der Waals surface area contributed by atoms with Crippen LogP contribution in [-0.2, 0) is 9.53 Å². The van der Waals surface area contributed by atoms with Crippen molar-refractivity contribution in [2.24, 2.45) is 5.41 Å². The molecular formula is C28H33F3N4O4S. The maximum atomic E-state index is 15.6. The SMILES string of the molecule is CCOC(=O)CSNc1cc(F)c(C(=O)Nc2cccn(C3CCC(F)(F)C3)c2=O)c(N2CCC3(CC2)CC3)c1. The van der Waals surface area contributed by atoms with Crippen LogP contribution in [0.15, 0.2) is 35.3 Å². The van der Waals surface area contributed by atoms with Gasteiger partial charge in [0, 0.05) is 43.9 Å². The Morgan fingerprint density at radius 2 is 1.90 bits per heavy atom. The van der Waals surface area contributed by atoms with Gasteiger partial charge in [-0.05, 0) is 80.7 Å². The molecule has 216 valence electrons. The number of carbonyl (C=O) groups is 2. The number of nitrogens with zero attached hydrogens (tertiary/aromatic N) is 2. The fourth-order valence-corrected chi connectivity index (χ4v) is 6.20. The van der Waals surface area contributed by atoms with E-state index in [-0.39, 0.29) is 36.5 Å². The quantitative estimate of drug-likeness (QED) is 0.296. The van der Waals surface area contributed by atoms with Crippen molar-refractivity contribution >= 4 is 40.9 Å². The minimum absolute atomic E-state index is 0.0203. The summed E-state index contributed by atoms with van der Waals surface area (Å²) >= 11 is 1.05. The minimum atomic E-state index is -2.83. The Balaban J connectivity index is 1.39. The molecule has 1 aromatic heterocycles. The van der Waals surface area contributed by atoms with Crippen molar-refractivity contribution < 1.29 is 27.5 Å². The van der Waals surface area contributed by atoms with E-state index in [0.29, 0.717) is 29.9 Å². The van der Waals surface area contributed by atoms with E-state index in [4.69, 9.17) is 4.74 Å². The minimum Gasteiger partial charge on any atom is -0.465 e. The lowest BCUT2D eigenvalue weighted by atomic mass is 9.93. The Bertz CT molecular complexity index is 1340. The summed E-state index contributed by atoms with van der Waals surface area (Å²) in [5.41, 5.74) is 0.219. The Morgan fingerprint density at radius 3 is 2.55 bits per heavy atom. The molecule has 0 radical (unpaired) electrons. The molecule has 1 unspecified atom stereocenters.